The zero-order valence-electron chi connectivity index (χ0n) is 11.6. The van der Waals surface area contributed by atoms with Gasteiger partial charge in [0.1, 0.15) is 5.82 Å². The van der Waals surface area contributed by atoms with Crippen molar-refractivity contribution in [3.8, 4) is 11.8 Å². The Morgan fingerprint density at radius 2 is 1.95 bits per heavy atom. The van der Waals surface area contributed by atoms with E-state index < -0.39 is 11.7 Å². The molecule has 3 N–H and O–H groups in total. The maximum atomic E-state index is 13.4. The standard InChI is InChI=1S/C17H15FN2O/c1-12-4-8-15(9-5-12)20-17(21)16-11-14(18)7-6-13(16)3-2-10-19/h4-9,11H,10,19H2,1H3,(H,20,21). The van der Waals surface area contributed by atoms with Crippen LogP contribution in [0.4, 0.5) is 10.1 Å². The van der Waals surface area contributed by atoms with Crippen LogP contribution in [-0.4, -0.2) is 12.5 Å². The van der Waals surface area contributed by atoms with Gasteiger partial charge in [-0.15, -0.1) is 0 Å². The molecule has 0 aromatic heterocycles. The normalized spacial score (nSPS) is 9.67. The third-order valence-electron chi connectivity index (χ3n) is 2.86. The van der Waals surface area contributed by atoms with Crippen molar-refractivity contribution in [1.82, 2.24) is 0 Å². The van der Waals surface area contributed by atoms with Gasteiger partial charge in [0.25, 0.3) is 5.91 Å². The fourth-order valence-corrected chi connectivity index (χ4v) is 1.79. The maximum absolute atomic E-state index is 13.4. The minimum Gasteiger partial charge on any atom is -0.322 e. The molecule has 2 aromatic carbocycles. The Kier molecular flexibility index (Phi) is 4.70. The Bertz CT molecular complexity index is 712. The number of nitrogens with one attached hydrogen (secondary N) is 1. The van der Waals surface area contributed by atoms with Crippen LogP contribution >= 0.6 is 0 Å². The number of nitrogens with two attached hydrogens (primary N) is 1. The van der Waals surface area contributed by atoms with Gasteiger partial charge in [-0.3, -0.25) is 4.79 Å². The smallest absolute Gasteiger partial charge is 0.257 e. The predicted octanol–water partition coefficient (Wildman–Crippen LogP) is 2.70. The Balaban J connectivity index is 2.29. The van der Waals surface area contributed by atoms with Crippen molar-refractivity contribution in [1.29, 1.82) is 0 Å². The molecular weight excluding hydrogens is 267 g/mol. The number of anilines is 1. The lowest BCUT2D eigenvalue weighted by molar-refractivity contribution is 0.102. The van der Waals surface area contributed by atoms with Gasteiger partial charge in [0, 0.05) is 11.3 Å². The second-order valence-electron chi connectivity index (χ2n) is 4.52. The van der Waals surface area contributed by atoms with Gasteiger partial charge in [-0.1, -0.05) is 29.5 Å². The largest absolute Gasteiger partial charge is 0.322 e. The fraction of sp³-hybridized carbons (Fsp3) is 0.118. The highest BCUT2D eigenvalue weighted by atomic mass is 19.1. The lowest BCUT2D eigenvalue weighted by atomic mass is 10.1. The molecular formula is C17H15FN2O. The molecule has 106 valence electrons. The number of halogens is 1. The molecule has 0 saturated carbocycles. The second kappa shape index (κ2) is 6.69. The van der Waals surface area contributed by atoms with E-state index in [9.17, 15) is 9.18 Å². The summed E-state index contributed by atoms with van der Waals surface area (Å²) >= 11 is 0. The summed E-state index contributed by atoms with van der Waals surface area (Å²) in [5, 5.41) is 2.72. The van der Waals surface area contributed by atoms with Crippen LogP contribution < -0.4 is 11.1 Å². The maximum Gasteiger partial charge on any atom is 0.257 e. The van der Waals surface area contributed by atoms with E-state index >= 15 is 0 Å². The number of rotatable bonds is 2. The molecule has 3 nitrogen and oxygen atoms in total. The SMILES string of the molecule is Cc1ccc(NC(=O)c2cc(F)ccc2C#CCN)cc1. The number of aryl methyl sites for hydroxylation is 1. The van der Waals surface area contributed by atoms with Gasteiger partial charge in [0.15, 0.2) is 0 Å². The number of hydrogen-bond donors (Lipinski definition) is 2. The number of benzene rings is 2. The molecule has 0 bridgehead atoms. The van der Waals surface area contributed by atoms with Crippen LogP contribution in [-0.2, 0) is 0 Å². The Hall–Kier alpha value is -2.64. The van der Waals surface area contributed by atoms with E-state index in [0.717, 1.165) is 5.56 Å². The molecule has 0 aliphatic carbocycles. The summed E-state index contributed by atoms with van der Waals surface area (Å²) < 4.78 is 13.4. The third-order valence-corrected chi connectivity index (χ3v) is 2.86. The number of amides is 1. The lowest BCUT2D eigenvalue weighted by Gasteiger charge is -2.07. The second-order valence-corrected chi connectivity index (χ2v) is 4.52. The zero-order chi connectivity index (χ0) is 15.2. The molecule has 4 heteroatoms. The van der Waals surface area contributed by atoms with Crippen LogP contribution in [0.3, 0.4) is 0 Å². The summed E-state index contributed by atoms with van der Waals surface area (Å²) in [6.45, 7) is 2.13. The van der Waals surface area contributed by atoms with Gasteiger partial charge in [0.05, 0.1) is 12.1 Å². The minimum absolute atomic E-state index is 0.177. The molecule has 0 unspecified atom stereocenters. The molecule has 0 atom stereocenters. The summed E-state index contributed by atoms with van der Waals surface area (Å²) in [6.07, 6.45) is 0. The van der Waals surface area contributed by atoms with Gasteiger partial charge in [0.2, 0.25) is 0 Å². The molecule has 1 amide bonds. The Labute approximate surface area is 123 Å². The van der Waals surface area contributed by atoms with Crippen LogP contribution in [0.1, 0.15) is 21.5 Å². The van der Waals surface area contributed by atoms with Gasteiger partial charge in [-0.25, -0.2) is 4.39 Å². The van der Waals surface area contributed by atoms with E-state index in [1.54, 1.807) is 12.1 Å². The van der Waals surface area contributed by atoms with Crippen molar-refractivity contribution in [2.45, 2.75) is 6.92 Å². The molecule has 0 radical (unpaired) electrons. The van der Waals surface area contributed by atoms with E-state index in [-0.39, 0.29) is 12.1 Å². The highest BCUT2D eigenvalue weighted by Crippen LogP contribution is 2.14. The number of hydrogen-bond acceptors (Lipinski definition) is 2. The first-order chi connectivity index (χ1) is 10.1. The van der Waals surface area contributed by atoms with Crippen molar-refractivity contribution < 1.29 is 9.18 Å². The van der Waals surface area contributed by atoms with Gasteiger partial charge >= 0.3 is 0 Å². The summed E-state index contributed by atoms with van der Waals surface area (Å²) in [4.78, 5) is 12.3. The summed E-state index contributed by atoms with van der Waals surface area (Å²) in [5.41, 5.74) is 7.70. The van der Waals surface area contributed by atoms with Crippen molar-refractivity contribution >= 4 is 11.6 Å². The highest BCUT2D eigenvalue weighted by molar-refractivity contribution is 6.06. The van der Waals surface area contributed by atoms with Crippen LogP contribution in [0.15, 0.2) is 42.5 Å². The molecule has 2 aromatic rings. The molecule has 0 aliphatic rings. The van der Waals surface area contributed by atoms with E-state index in [4.69, 9.17) is 5.73 Å². The predicted molar refractivity (Wildman–Crippen MR) is 81.5 cm³/mol. The average molecular weight is 282 g/mol. The molecule has 2 rings (SSSR count). The quantitative estimate of drug-likeness (QED) is 0.832. The van der Waals surface area contributed by atoms with Crippen LogP contribution in [0.25, 0.3) is 0 Å². The monoisotopic (exact) mass is 282 g/mol. The van der Waals surface area contributed by atoms with Crippen molar-refractivity contribution in [2.24, 2.45) is 5.73 Å². The van der Waals surface area contributed by atoms with Crippen molar-refractivity contribution in [2.75, 3.05) is 11.9 Å². The molecule has 0 heterocycles. The van der Waals surface area contributed by atoms with Gasteiger partial charge < -0.3 is 11.1 Å². The van der Waals surface area contributed by atoms with Crippen LogP contribution in [0.2, 0.25) is 0 Å². The fourth-order valence-electron chi connectivity index (χ4n) is 1.79. The van der Waals surface area contributed by atoms with Crippen molar-refractivity contribution in [3.63, 3.8) is 0 Å². The first-order valence-electron chi connectivity index (χ1n) is 6.46. The Morgan fingerprint density at radius 3 is 2.62 bits per heavy atom. The Morgan fingerprint density at radius 1 is 1.24 bits per heavy atom. The molecule has 21 heavy (non-hydrogen) atoms. The average Bonchev–Trinajstić information content (AvgIpc) is 2.48. The molecule has 0 saturated heterocycles. The number of carbonyl (C=O) groups is 1. The van der Waals surface area contributed by atoms with E-state index in [2.05, 4.69) is 17.2 Å². The van der Waals surface area contributed by atoms with E-state index in [0.29, 0.717) is 11.3 Å². The highest BCUT2D eigenvalue weighted by Gasteiger charge is 2.12. The lowest BCUT2D eigenvalue weighted by Crippen LogP contribution is -2.14. The topological polar surface area (TPSA) is 55.1 Å². The van der Waals surface area contributed by atoms with E-state index in [1.165, 1.54) is 18.2 Å². The zero-order valence-corrected chi connectivity index (χ0v) is 11.6. The third kappa shape index (κ3) is 3.91. The minimum atomic E-state index is -0.484. The van der Waals surface area contributed by atoms with Gasteiger partial charge in [-0.05, 0) is 37.3 Å². The van der Waals surface area contributed by atoms with Crippen LogP contribution in [0.5, 0.6) is 0 Å². The molecule has 0 spiro atoms. The first kappa shape index (κ1) is 14.8. The first-order valence-corrected chi connectivity index (χ1v) is 6.46. The van der Waals surface area contributed by atoms with E-state index in [1.807, 2.05) is 19.1 Å². The summed E-state index contributed by atoms with van der Waals surface area (Å²) in [6, 6.07) is 11.3. The molecule has 0 fully saturated rings. The summed E-state index contributed by atoms with van der Waals surface area (Å²) in [7, 11) is 0. The molecule has 0 aliphatic heterocycles. The number of carbonyl (C=O) groups excluding carboxylic acids is 1. The van der Waals surface area contributed by atoms with Crippen molar-refractivity contribution in [3.05, 3.63) is 65.0 Å². The van der Waals surface area contributed by atoms with Gasteiger partial charge in [-0.2, -0.15) is 0 Å². The van der Waals surface area contributed by atoms with Crippen LogP contribution in [0, 0.1) is 24.6 Å². The summed E-state index contributed by atoms with van der Waals surface area (Å²) in [5.74, 6) is 4.55.